The zero-order valence-corrected chi connectivity index (χ0v) is 11.1. The van der Waals surface area contributed by atoms with Gasteiger partial charge >= 0.3 is 5.97 Å². The van der Waals surface area contributed by atoms with Crippen LogP contribution in [-0.2, 0) is 6.42 Å². The van der Waals surface area contributed by atoms with E-state index in [4.69, 9.17) is 14.6 Å². The van der Waals surface area contributed by atoms with Crippen molar-refractivity contribution in [1.29, 1.82) is 0 Å². The standard InChI is InChI=1S/C13H13NO4S/c1-17-9-2-4-10(5-3-9)18-7-6-12-14-8-11(19-12)13(15)16/h2-5,8H,6-7H2,1H3,(H,15,16). The van der Waals surface area contributed by atoms with Gasteiger partial charge in [-0.25, -0.2) is 9.78 Å². The van der Waals surface area contributed by atoms with Crippen LogP contribution in [0.3, 0.4) is 0 Å². The van der Waals surface area contributed by atoms with Crippen molar-refractivity contribution < 1.29 is 19.4 Å². The number of methoxy groups -OCH3 is 1. The molecule has 6 heteroatoms. The minimum absolute atomic E-state index is 0.249. The van der Waals surface area contributed by atoms with Crippen LogP contribution in [0.1, 0.15) is 14.7 Å². The number of carbonyl (C=O) groups is 1. The molecule has 100 valence electrons. The van der Waals surface area contributed by atoms with Gasteiger partial charge in [0.1, 0.15) is 16.4 Å². The third kappa shape index (κ3) is 3.69. The SMILES string of the molecule is COc1ccc(OCCc2ncc(C(=O)O)s2)cc1. The van der Waals surface area contributed by atoms with E-state index >= 15 is 0 Å². The molecular formula is C13H13NO4S. The molecule has 1 aromatic heterocycles. The maximum Gasteiger partial charge on any atom is 0.347 e. The van der Waals surface area contributed by atoms with Crippen LogP contribution in [-0.4, -0.2) is 29.8 Å². The summed E-state index contributed by atoms with van der Waals surface area (Å²) in [5.74, 6) is 0.578. The Bertz CT molecular complexity index is 550. The molecule has 2 rings (SSSR count). The lowest BCUT2D eigenvalue weighted by Gasteiger charge is -2.05. The summed E-state index contributed by atoms with van der Waals surface area (Å²) >= 11 is 1.17. The van der Waals surface area contributed by atoms with Crippen molar-refractivity contribution >= 4 is 17.3 Å². The Morgan fingerprint density at radius 1 is 1.32 bits per heavy atom. The first-order chi connectivity index (χ1) is 9.19. The van der Waals surface area contributed by atoms with Crippen LogP contribution in [0.25, 0.3) is 0 Å². The molecule has 0 aliphatic heterocycles. The zero-order valence-electron chi connectivity index (χ0n) is 10.3. The van der Waals surface area contributed by atoms with Gasteiger partial charge in [0, 0.05) is 6.42 Å². The van der Waals surface area contributed by atoms with Gasteiger partial charge in [-0.1, -0.05) is 0 Å². The topological polar surface area (TPSA) is 68.7 Å². The second kappa shape index (κ2) is 6.19. The Balaban J connectivity index is 1.83. The molecule has 0 saturated heterocycles. The summed E-state index contributed by atoms with van der Waals surface area (Å²) in [6.07, 6.45) is 1.96. The van der Waals surface area contributed by atoms with E-state index in [1.165, 1.54) is 17.5 Å². The molecule has 0 aliphatic rings. The van der Waals surface area contributed by atoms with Crippen molar-refractivity contribution in [3.8, 4) is 11.5 Å². The summed E-state index contributed by atoms with van der Waals surface area (Å²) in [5, 5.41) is 9.53. The molecule has 0 atom stereocenters. The number of hydrogen-bond acceptors (Lipinski definition) is 5. The van der Waals surface area contributed by atoms with Crippen molar-refractivity contribution in [2.75, 3.05) is 13.7 Å². The van der Waals surface area contributed by atoms with Gasteiger partial charge in [-0.2, -0.15) is 0 Å². The predicted octanol–water partition coefficient (Wildman–Crippen LogP) is 2.47. The second-order valence-electron chi connectivity index (χ2n) is 3.70. The molecule has 0 saturated carbocycles. The van der Waals surface area contributed by atoms with Crippen molar-refractivity contribution in [2.24, 2.45) is 0 Å². The number of aromatic carboxylic acids is 1. The van der Waals surface area contributed by atoms with Gasteiger partial charge in [0.25, 0.3) is 0 Å². The minimum atomic E-state index is -0.945. The van der Waals surface area contributed by atoms with Gasteiger partial charge in [0.05, 0.1) is 24.9 Å². The Hall–Kier alpha value is -2.08. The smallest absolute Gasteiger partial charge is 0.347 e. The highest BCUT2D eigenvalue weighted by Gasteiger charge is 2.08. The first kappa shape index (κ1) is 13.4. The normalized spacial score (nSPS) is 10.2. The number of rotatable bonds is 6. The molecule has 19 heavy (non-hydrogen) atoms. The lowest BCUT2D eigenvalue weighted by atomic mass is 10.3. The van der Waals surface area contributed by atoms with E-state index in [9.17, 15) is 4.79 Å². The lowest BCUT2D eigenvalue weighted by Crippen LogP contribution is -2.00. The zero-order chi connectivity index (χ0) is 13.7. The summed E-state index contributed by atoms with van der Waals surface area (Å²) in [7, 11) is 1.61. The lowest BCUT2D eigenvalue weighted by molar-refractivity contribution is 0.0702. The van der Waals surface area contributed by atoms with Crippen LogP contribution in [0.5, 0.6) is 11.5 Å². The molecule has 0 amide bonds. The Kier molecular flexibility index (Phi) is 4.35. The summed E-state index contributed by atoms with van der Waals surface area (Å²) in [5.41, 5.74) is 0. The molecule has 0 fully saturated rings. The number of aromatic nitrogens is 1. The molecule has 1 N–H and O–H groups in total. The molecule has 0 bridgehead atoms. The number of thiazole rings is 1. The van der Waals surface area contributed by atoms with Gasteiger partial charge < -0.3 is 14.6 Å². The first-order valence-electron chi connectivity index (χ1n) is 5.64. The van der Waals surface area contributed by atoms with E-state index in [2.05, 4.69) is 4.98 Å². The highest BCUT2D eigenvalue weighted by Crippen LogP contribution is 2.18. The van der Waals surface area contributed by atoms with Gasteiger partial charge in [0.15, 0.2) is 0 Å². The fourth-order valence-electron chi connectivity index (χ4n) is 1.45. The van der Waals surface area contributed by atoms with Gasteiger partial charge in [-0.3, -0.25) is 0 Å². The maximum absolute atomic E-state index is 10.7. The molecule has 1 aromatic carbocycles. The predicted molar refractivity (Wildman–Crippen MR) is 71.3 cm³/mol. The molecule has 5 nitrogen and oxygen atoms in total. The molecule has 0 aliphatic carbocycles. The number of ether oxygens (including phenoxy) is 2. The number of benzene rings is 1. The van der Waals surface area contributed by atoms with E-state index in [-0.39, 0.29) is 4.88 Å². The van der Waals surface area contributed by atoms with Crippen LogP contribution in [0, 0.1) is 0 Å². The van der Waals surface area contributed by atoms with Crippen LogP contribution >= 0.6 is 11.3 Å². The van der Waals surface area contributed by atoms with Crippen LogP contribution in [0.15, 0.2) is 30.5 Å². The summed E-state index contributed by atoms with van der Waals surface area (Å²) < 4.78 is 10.6. The van der Waals surface area contributed by atoms with Crippen molar-refractivity contribution in [2.45, 2.75) is 6.42 Å². The molecule has 1 heterocycles. The van der Waals surface area contributed by atoms with E-state index in [0.717, 1.165) is 16.5 Å². The van der Waals surface area contributed by atoms with Crippen molar-refractivity contribution in [3.05, 3.63) is 40.3 Å². The van der Waals surface area contributed by atoms with E-state index in [1.54, 1.807) is 7.11 Å². The largest absolute Gasteiger partial charge is 0.497 e. The fraction of sp³-hybridized carbons (Fsp3) is 0.231. The molecule has 0 unspecified atom stereocenters. The van der Waals surface area contributed by atoms with E-state index in [0.29, 0.717) is 13.0 Å². The highest BCUT2D eigenvalue weighted by molar-refractivity contribution is 7.13. The molecule has 0 spiro atoms. The average molecular weight is 279 g/mol. The molecular weight excluding hydrogens is 266 g/mol. The second-order valence-corrected chi connectivity index (χ2v) is 4.81. The number of hydrogen-bond donors (Lipinski definition) is 1. The Labute approximate surface area is 114 Å². The maximum atomic E-state index is 10.7. The highest BCUT2D eigenvalue weighted by atomic mass is 32.1. The molecule has 0 radical (unpaired) electrons. The van der Waals surface area contributed by atoms with Gasteiger partial charge in [0.2, 0.25) is 0 Å². The third-order valence-electron chi connectivity index (χ3n) is 2.41. The first-order valence-corrected chi connectivity index (χ1v) is 6.45. The average Bonchev–Trinajstić information content (AvgIpc) is 2.89. The summed E-state index contributed by atoms with van der Waals surface area (Å²) in [6.45, 7) is 0.457. The van der Waals surface area contributed by atoms with Crippen molar-refractivity contribution in [1.82, 2.24) is 4.98 Å². The number of carboxylic acids is 1. The quantitative estimate of drug-likeness (QED) is 0.879. The Morgan fingerprint density at radius 2 is 2.00 bits per heavy atom. The van der Waals surface area contributed by atoms with Crippen LogP contribution < -0.4 is 9.47 Å². The van der Waals surface area contributed by atoms with E-state index in [1.807, 2.05) is 24.3 Å². The number of carboxylic acid groups (broad SMARTS) is 1. The van der Waals surface area contributed by atoms with Gasteiger partial charge in [-0.15, -0.1) is 11.3 Å². The van der Waals surface area contributed by atoms with E-state index < -0.39 is 5.97 Å². The summed E-state index contributed by atoms with van der Waals surface area (Å²) in [4.78, 5) is 15.0. The third-order valence-corrected chi connectivity index (χ3v) is 3.45. The fourth-order valence-corrected chi connectivity index (χ4v) is 2.19. The monoisotopic (exact) mass is 279 g/mol. The number of nitrogens with zero attached hydrogens (tertiary/aromatic N) is 1. The van der Waals surface area contributed by atoms with Crippen LogP contribution in [0.2, 0.25) is 0 Å². The van der Waals surface area contributed by atoms with Crippen LogP contribution in [0.4, 0.5) is 0 Å². The van der Waals surface area contributed by atoms with Crippen molar-refractivity contribution in [3.63, 3.8) is 0 Å². The molecule has 2 aromatic rings. The Morgan fingerprint density at radius 3 is 2.58 bits per heavy atom. The van der Waals surface area contributed by atoms with Gasteiger partial charge in [-0.05, 0) is 24.3 Å². The minimum Gasteiger partial charge on any atom is -0.497 e. The summed E-state index contributed by atoms with van der Waals surface area (Å²) in [6, 6.07) is 7.29.